The molecule has 1 aliphatic heterocycles. The third kappa shape index (κ3) is 2.80. The average molecular weight is 387 g/mol. The number of fused-ring (bicyclic) bond motifs is 5. The van der Waals surface area contributed by atoms with E-state index in [0.717, 1.165) is 6.42 Å². The molecule has 29 heavy (non-hydrogen) atoms. The van der Waals surface area contributed by atoms with Gasteiger partial charge in [0.25, 0.3) is 0 Å². The van der Waals surface area contributed by atoms with Crippen molar-refractivity contribution in [1.82, 2.24) is 0 Å². The summed E-state index contributed by atoms with van der Waals surface area (Å²) in [4.78, 5) is 39.8. The van der Waals surface area contributed by atoms with Crippen molar-refractivity contribution in [3.8, 4) is 5.75 Å². The molecule has 5 heteroatoms. The van der Waals surface area contributed by atoms with Gasteiger partial charge in [0.2, 0.25) is 17.6 Å². The number of imide groups is 1. The van der Waals surface area contributed by atoms with Crippen LogP contribution in [0.25, 0.3) is 0 Å². The van der Waals surface area contributed by atoms with Crippen LogP contribution in [0.1, 0.15) is 23.7 Å². The van der Waals surface area contributed by atoms with E-state index in [9.17, 15) is 14.4 Å². The summed E-state index contributed by atoms with van der Waals surface area (Å²) >= 11 is 0. The normalized spacial score (nSPS) is 28.0. The first-order valence-electron chi connectivity index (χ1n) is 9.96. The molecule has 0 spiro atoms. The third-order valence-electron chi connectivity index (χ3n) is 6.29. The fourth-order valence-electron chi connectivity index (χ4n) is 4.95. The lowest BCUT2D eigenvalue weighted by Crippen LogP contribution is -2.33. The number of hydrogen-bond acceptors (Lipinski definition) is 4. The zero-order chi connectivity index (χ0) is 20.1. The van der Waals surface area contributed by atoms with E-state index in [1.165, 1.54) is 4.90 Å². The number of ether oxygens (including phenoxy) is 1. The summed E-state index contributed by atoms with van der Waals surface area (Å²) in [6.07, 6.45) is 4.38. The molecule has 0 aromatic heterocycles. The fourth-order valence-corrected chi connectivity index (χ4v) is 4.95. The number of nitrogens with zero attached hydrogens (tertiary/aromatic N) is 1. The Balaban J connectivity index is 1.36. The number of Topliss-reactive ketones (excluding diaryl/α,β-unsaturated/α-hetero) is 1. The van der Waals surface area contributed by atoms with Gasteiger partial charge in [0, 0.05) is 11.6 Å². The van der Waals surface area contributed by atoms with Crippen LogP contribution in [0, 0.1) is 23.7 Å². The lowest BCUT2D eigenvalue weighted by molar-refractivity contribution is -0.123. The Morgan fingerprint density at radius 2 is 1.62 bits per heavy atom. The summed E-state index contributed by atoms with van der Waals surface area (Å²) in [6.45, 7) is 1.70. The lowest BCUT2D eigenvalue weighted by Gasteiger charge is -2.19. The summed E-state index contributed by atoms with van der Waals surface area (Å²) in [6, 6.07) is 15.9. The van der Waals surface area contributed by atoms with Crippen molar-refractivity contribution < 1.29 is 19.1 Å². The highest BCUT2D eigenvalue weighted by Crippen LogP contribution is 2.53. The van der Waals surface area contributed by atoms with Crippen molar-refractivity contribution in [2.45, 2.75) is 19.4 Å². The number of hydrogen-bond donors (Lipinski definition) is 0. The van der Waals surface area contributed by atoms with E-state index in [2.05, 4.69) is 12.2 Å². The Kier molecular flexibility index (Phi) is 4.12. The molecule has 1 saturated heterocycles. The number of ketones is 1. The molecule has 2 amide bonds. The van der Waals surface area contributed by atoms with Crippen LogP contribution in [0.5, 0.6) is 5.75 Å². The minimum atomic E-state index is -0.683. The highest BCUT2D eigenvalue weighted by Gasteiger charge is 2.59. The molecule has 2 aromatic rings. The Hall–Kier alpha value is -3.21. The smallest absolute Gasteiger partial charge is 0.238 e. The number of anilines is 1. The predicted molar refractivity (Wildman–Crippen MR) is 108 cm³/mol. The quantitative estimate of drug-likeness (QED) is 0.446. The molecule has 5 nitrogen and oxygen atoms in total. The van der Waals surface area contributed by atoms with Gasteiger partial charge >= 0.3 is 0 Å². The van der Waals surface area contributed by atoms with Gasteiger partial charge in [0.05, 0.1) is 17.5 Å². The molecule has 2 bridgehead atoms. The Labute approximate surface area is 169 Å². The highest BCUT2D eigenvalue weighted by atomic mass is 16.5. The lowest BCUT2D eigenvalue weighted by atomic mass is 9.85. The Bertz CT molecular complexity index is 998. The second-order valence-corrected chi connectivity index (χ2v) is 8.00. The first-order chi connectivity index (χ1) is 14.0. The first-order valence-corrected chi connectivity index (χ1v) is 9.96. The molecule has 5 unspecified atom stereocenters. The van der Waals surface area contributed by atoms with E-state index in [1.807, 2.05) is 18.2 Å². The van der Waals surface area contributed by atoms with Crippen molar-refractivity contribution in [2.75, 3.05) is 4.90 Å². The van der Waals surface area contributed by atoms with Gasteiger partial charge in [-0.1, -0.05) is 48.6 Å². The largest absolute Gasteiger partial charge is 0.482 e. The van der Waals surface area contributed by atoms with Crippen LogP contribution >= 0.6 is 0 Å². The van der Waals surface area contributed by atoms with E-state index < -0.39 is 6.10 Å². The molecule has 0 N–H and O–H groups in total. The van der Waals surface area contributed by atoms with Gasteiger partial charge in [0.1, 0.15) is 5.75 Å². The Morgan fingerprint density at radius 1 is 0.966 bits per heavy atom. The van der Waals surface area contributed by atoms with Crippen molar-refractivity contribution in [3.63, 3.8) is 0 Å². The summed E-state index contributed by atoms with van der Waals surface area (Å²) in [5.41, 5.74) is 1.09. The standard InChI is InChI=1S/C24H21NO4/c1-14(22(26)15-6-3-2-4-7-15)29-19-9-5-8-18(13-19)25-23(27)20-16-10-11-17(12-16)21(20)24(25)28/h2-11,13-14,16-17,20-21H,12H2,1H3. The fraction of sp³-hybridized carbons (Fsp3) is 0.292. The monoisotopic (exact) mass is 387 g/mol. The van der Waals surface area contributed by atoms with Crippen LogP contribution in [0.15, 0.2) is 66.7 Å². The number of carbonyl (C=O) groups excluding carboxylic acids is 3. The molecule has 0 radical (unpaired) electrons. The number of benzene rings is 2. The van der Waals surface area contributed by atoms with Crippen LogP contribution in [0.2, 0.25) is 0 Å². The maximum atomic E-state index is 13.0. The van der Waals surface area contributed by atoms with Crippen molar-refractivity contribution in [1.29, 1.82) is 0 Å². The van der Waals surface area contributed by atoms with Crippen LogP contribution in [-0.2, 0) is 9.59 Å². The summed E-state index contributed by atoms with van der Waals surface area (Å²) in [5.74, 6) is -0.0329. The molecular weight excluding hydrogens is 366 g/mol. The van der Waals surface area contributed by atoms with Gasteiger partial charge in [-0.15, -0.1) is 0 Å². The van der Waals surface area contributed by atoms with E-state index in [1.54, 1.807) is 43.3 Å². The molecule has 2 fully saturated rings. The summed E-state index contributed by atoms with van der Waals surface area (Å²) in [5, 5.41) is 0. The third-order valence-corrected chi connectivity index (χ3v) is 6.29. The molecule has 3 aliphatic rings. The molecular formula is C24H21NO4. The molecule has 1 heterocycles. The number of amides is 2. The maximum Gasteiger partial charge on any atom is 0.238 e. The second kappa shape index (κ2) is 6.69. The Morgan fingerprint density at radius 3 is 2.28 bits per heavy atom. The van der Waals surface area contributed by atoms with Crippen LogP contribution in [0.3, 0.4) is 0 Å². The van der Waals surface area contributed by atoms with Crippen LogP contribution in [-0.4, -0.2) is 23.7 Å². The topological polar surface area (TPSA) is 63.7 Å². The first kappa shape index (κ1) is 17.9. The van der Waals surface area contributed by atoms with E-state index in [4.69, 9.17) is 4.74 Å². The number of allylic oxidation sites excluding steroid dienone is 2. The molecule has 5 atom stereocenters. The maximum absolute atomic E-state index is 13.0. The van der Waals surface area contributed by atoms with E-state index in [0.29, 0.717) is 17.0 Å². The average Bonchev–Trinajstić information content (AvgIpc) is 3.42. The van der Waals surface area contributed by atoms with Gasteiger partial charge < -0.3 is 4.74 Å². The highest BCUT2D eigenvalue weighted by molar-refractivity contribution is 6.22. The summed E-state index contributed by atoms with van der Waals surface area (Å²) < 4.78 is 5.84. The van der Waals surface area contributed by atoms with Gasteiger partial charge in [-0.05, 0) is 37.3 Å². The second-order valence-electron chi connectivity index (χ2n) is 8.00. The van der Waals surface area contributed by atoms with Gasteiger partial charge in [-0.2, -0.15) is 0 Å². The minimum absolute atomic E-state index is 0.123. The predicted octanol–water partition coefficient (Wildman–Crippen LogP) is 3.65. The van der Waals surface area contributed by atoms with Gasteiger partial charge in [-0.3, -0.25) is 14.4 Å². The van der Waals surface area contributed by atoms with Crippen molar-refractivity contribution >= 4 is 23.3 Å². The molecule has 2 aromatic carbocycles. The molecule has 1 saturated carbocycles. The van der Waals surface area contributed by atoms with E-state index >= 15 is 0 Å². The number of carbonyl (C=O) groups is 3. The van der Waals surface area contributed by atoms with Crippen LogP contribution in [0.4, 0.5) is 5.69 Å². The zero-order valence-electron chi connectivity index (χ0n) is 16.0. The minimum Gasteiger partial charge on any atom is -0.482 e. The molecule has 5 rings (SSSR count). The molecule has 2 aliphatic carbocycles. The van der Waals surface area contributed by atoms with Crippen molar-refractivity contribution in [2.24, 2.45) is 23.7 Å². The van der Waals surface area contributed by atoms with Gasteiger partial charge in [-0.25, -0.2) is 4.90 Å². The zero-order valence-corrected chi connectivity index (χ0v) is 16.0. The molecule has 146 valence electrons. The van der Waals surface area contributed by atoms with Crippen LogP contribution < -0.4 is 9.64 Å². The SMILES string of the molecule is CC(Oc1cccc(N2C(=O)C3C4C=CC(C4)C3C2=O)c1)C(=O)c1ccccc1. The number of rotatable bonds is 5. The van der Waals surface area contributed by atoms with Crippen molar-refractivity contribution in [3.05, 3.63) is 72.3 Å². The summed E-state index contributed by atoms with van der Waals surface area (Å²) in [7, 11) is 0. The van der Waals surface area contributed by atoms with E-state index in [-0.39, 0.29) is 41.3 Å². The van der Waals surface area contributed by atoms with Gasteiger partial charge in [0.15, 0.2) is 6.10 Å².